The Morgan fingerprint density at radius 1 is 1.45 bits per heavy atom. The molecule has 0 saturated heterocycles. The Bertz CT molecular complexity index is 697. The van der Waals surface area contributed by atoms with Crippen LogP contribution in [0, 0.1) is 13.8 Å². The van der Waals surface area contributed by atoms with Gasteiger partial charge in [0, 0.05) is 10.0 Å². The van der Waals surface area contributed by atoms with Gasteiger partial charge in [-0.25, -0.2) is 4.98 Å². The Labute approximate surface area is 134 Å². The predicted molar refractivity (Wildman–Crippen MR) is 89.6 cm³/mol. The smallest absolute Gasteiger partial charge is 0.267 e. The SMILES string of the molecule is Cc1nc(C)c(C(=O)Nc2ccc(Br)cc2C(N)=S)s1. The standard InChI is InChI=1S/C13H12BrN3OS2/c1-6-11(20-7(2)16-6)13(18)17-10-4-3-8(14)5-9(10)12(15)19/h3-5H,1-2H3,(H2,15,19)(H,17,18). The first-order valence-corrected chi connectivity index (χ1v) is 7.75. The van der Waals surface area contributed by atoms with Gasteiger partial charge in [-0.3, -0.25) is 4.79 Å². The van der Waals surface area contributed by atoms with Crippen molar-refractivity contribution >= 4 is 56.1 Å². The first-order chi connectivity index (χ1) is 9.38. The number of thiazole rings is 1. The normalized spacial score (nSPS) is 10.3. The lowest BCUT2D eigenvalue weighted by Crippen LogP contribution is -2.17. The highest BCUT2D eigenvalue weighted by Crippen LogP contribution is 2.23. The largest absolute Gasteiger partial charge is 0.389 e. The number of carbonyl (C=O) groups is 1. The molecule has 2 rings (SSSR count). The topological polar surface area (TPSA) is 68.0 Å². The highest BCUT2D eigenvalue weighted by Gasteiger charge is 2.16. The number of rotatable bonds is 3. The van der Waals surface area contributed by atoms with Gasteiger partial charge in [0.05, 0.1) is 16.4 Å². The number of hydrogen-bond acceptors (Lipinski definition) is 4. The Kier molecular flexibility index (Phi) is 4.52. The van der Waals surface area contributed by atoms with Gasteiger partial charge >= 0.3 is 0 Å². The minimum absolute atomic E-state index is 0.201. The number of nitrogens with two attached hydrogens (primary N) is 1. The number of amides is 1. The van der Waals surface area contributed by atoms with Crippen LogP contribution in [0.15, 0.2) is 22.7 Å². The summed E-state index contributed by atoms with van der Waals surface area (Å²) in [4.78, 5) is 17.3. The van der Waals surface area contributed by atoms with Gasteiger partial charge in [0.1, 0.15) is 9.87 Å². The van der Waals surface area contributed by atoms with E-state index in [1.165, 1.54) is 11.3 Å². The number of thiocarbonyl (C=S) groups is 1. The minimum Gasteiger partial charge on any atom is -0.389 e. The third-order valence-corrected chi connectivity index (χ3v) is 4.39. The van der Waals surface area contributed by atoms with Crippen molar-refractivity contribution < 1.29 is 4.79 Å². The number of carbonyl (C=O) groups excluding carboxylic acids is 1. The number of aromatic nitrogens is 1. The van der Waals surface area contributed by atoms with Crippen LogP contribution in [-0.2, 0) is 0 Å². The van der Waals surface area contributed by atoms with Gasteiger partial charge in [0.15, 0.2) is 0 Å². The summed E-state index contributed by atoms with van der Waals surface area (Å²) in [5.41, 5.74) is 7.62. The molecule has 0 radical (unpaired) electrons. The third kappa shape index (κ3) is 3.23. The maximum absolute atomic E-state index is 12.3. The number of halogens is 1. The van der Waals surface area contributed by atoms with Crippen molar-refractivity contribution in [3.05, 3.63) is 43.8 Å². The van der Waals surface area contributed by atoms with Crippen LogP contribution in [0.1, 0.15) is 25.9 Å². The molecule has 0 bridgehead atoms. The van der Waals surface area contributed by atoms with Crippen molar-refractivity contribution in [2.45, 2.75) is 13.8 Å². The molecule has 3 N–H and O–H groups in total. The van der Waals surface area contributed by atoms with Crippen LogP contribution in [0.5, 0.6) is 0 Å². The number of hydrogen-bond donors (Lipinski definition) is 2. The van der Waals surface area contributed by atoms with E-state index >= 15 is 0 Å². The fraction of sp³-hybridized carbons (Fsp3) is 0.154. The summed E-state index contributed by atoms with van der Waals surface area (Å²) in [6.45, 7) is 3.68. The van der Waals surface area contributed by atoms with E-state index in [1.807, 2.05) is 19.9 Å². The van der Waals surface area contributed by atoms with E-state index in [0.29, 0.717) is 16.1 Å². The molecule has 0 aliphatic rings. The number of nitrogens with zero attached hydrogens (tertiary/aromatic N) is 1. The van der Waals surface area contributed by atoms with Crippen LogP contribution in [0.3, 0.4) is 0 Å². The molecule has 0 aliphatic carbocycles. The van der Waals surface area contributed by atoms with Gasteiger partial charge in [-0.2, -0.15) is 0 Å². The van der Waals surface area contributed by atoms with Gasteiger partial charge in [0.2, 0.25) is 0 Å². The van der Waals surface area contributed by atoms with Gasteiger partial charge < -0.3 is 11.1 Å². The van der Waals surface area contributed by atoms with E-state index < -0.39 is 0 Å². The van der Waals surface area contributed by atoms with E-state index in [9.17, 15) is 4.79 Å². The zero-order valence-corrected chi connectivity index (χ0v) is 14.1. The second-order valence-corrected chi connectivity index (χ2v) is 6.71. The predicted octanol–water partition coefficient (Wildman–Crippen LogP) is 3.41. The van der Waals surface area contributed by atoms with Crippen molar-refractivity contribution in [2.75, 3.05) is 5.32 Å². The van der Waals surface area contributed by atoms with E-state index in [1.54, 1.807) is 12.1 Å². The van der Waals surface area contributed by atoms with E-state index in [0.717, 1.165) is 15.2 Å². The second kappa shape index (κ2) is 5.99. The Hall–Kier alpha value is -1.31. The summed E-state index contributed by atoms with van der Waals surface area (Å²) in [6.07, 6.45) is 0. The monoisotopic (exact) mass is 369 g/mol. The number of anilines is 1. The van der Waals surface area contributed by atoms with Crippen molar-refractivity contribution in [3.63, 3.8) is 0 Å². The van der Waals surface area contributed by atoms with Crippen molar-refractivity contribution in [1.82, 2.24) is 4.98 Å². The van der Waals surface area contributed by atoms with Crippen LogP contribution in [0.25, 0.3) is 0 Å². The summed E-state index contributed by atoms with van der Waals surface area (Å²) >= 11 is 9.72. The minimum atomic E-state index is -0.201. The molecule has 1 aromatic carbocycles. The van der Waals surface area contributed by atoms with Crippen LogP contribution < -0.4 is 11.1 Å². The summed E-state index contributed by atoms with van der Waals surface area (Å²) in [5.74, 6) is -0.201. The van der Waals surface area contributed by atoms with Crippen LogP contribution in [0.4, 0.5) is 5.69 Å². The molecule has 0 atom stereocenters. The Balaban J connectivity index is 2.33. The maximum atomic E-state index is 12.3. The molecule has 4 nitrogen and oxygen atoms in total. The molecule has 20 heavy (non-hydrogen) atoms. The second-order valence-electron chi connectivity index (χ2n) is 4.16. The first kappa shape index (κ1) is 15.1. The summed E-state index contributed by atoms with van der Waals surface area (Å²) < 4.78 is 0.850. The molecule has 7 heteroatoms. The third-order valence-electron chi connectivity index (χ3n) is 2.61. The van der Waals surface area contributed by atoms with E-state index in [4.69, 9.17) is 18.0 Å². The molecule has 1 aromatic heterocycles. The van der Waals surface area contributed by atoms with Gasteiger partial charge in [-0.05, 0) is 32.0 Å². The van der Waals surface area contributed by atoms with Gasteiger partial charge in [-0.1, -0.05) is 28.1 Å². The van der Waals surface area contributed by atoms with Crippen molar-refractivity contribution in [2.24, 2.45) is 5.73 Å². The van der Waals surface area contributed by atoms with Crippen molar-refractivity contribution in [3.8, 4) is 0 Å². The molecule has 1 amide bonds. The average molecular weight is 370 g/mol. The molecule has 0 aliphatic heterocycles. The van der Waals surface area contributed by atoms with Gasteiger partial charge in [-0.15, -0.1) is 11.3 Å². The first-order valence-electron chi connectivity index (χ1n) is 5.73. The fourth-order valence-electron chi connectivity index (χ4n) is 1.75. The number of benzene rings is 1. The highest BCUT2D eigenvalue weighted by molar-refractivity contribution is 9.10. The van der Waals surface area contributed by atoms with E-state index in [-0.39, 0.29) is 10.9 Å². The molecular weight excluding hydrogens is 358 g/mol. The molecule has 0 unspecified atom stereocenters. The molecule has 0 fully saturated rings. The lowest BCUT2D eigenvalue weighted by Gasteiger charge is -2.10. The molecule has 104 valence electrons. The van der Waals surface area contributed by atoms with Gasteiger partial charge in [0.25, 0.3) is 5.91 Å². The van der Waals surface area contributed by atoms with Crippen LogP contribution >= 0.6 is 39.5 Å². The van der Waals surface area contributed by atoms with Crippen molar-refractivity contribution in [1.29, 1.82) is 0 Å². The lowest BCUT2D eigenvalue weighted by molar-refractivity contribution is 0.103. The average Bonchev–Trinajstić information content (AvgIpc) is 2.70. The van der Waals surface area contributed by atoms with E-state index in [2.05, 4.69) is 26.2 Å². The lowest BCUT2D eigenvalue weighted by atomic mass is 10.1. The maximum Gasteiger partial charge on any atom is 0.267 e. The zero-order chi connectivity index (χ0) is 14.9. The molecule has 1 heterocycles. The molecule has 2 aromatic rings. The van der Waals surface area contributed by atoms with Crippen LogP contribution in [0.2, 0.25) is 0 Å². The Morgan fingerprint density at radius 3 is 2.70 bits per heavy atom. The molecule has 0 spiro atoms. The Morgan fingerprint density at radius 2 is 2.15 bits per heavy atom. The highest BCUT2D eigenvalue weighted by atomic mass is 79.9. The van der Waals surface area contributed by atoms with Crippen LogP contribution in [-0.4, -0.2) is 15.9 Å². The summed E-state index contributed by atoms with van der Waals surface area (Å²) in [7, 11) is 0. The number of nitrogens with one attached hydrogen (secondary N) is 1. The fourth-order valence-corrected chi connectivity index (χ4v) is 3.10. The summed E-state index contributed by atoms with van der Waals surface area (Å²) in [5, 5.41) is 3.69. The molecular formula is C13H12BrN3OS2. The number of aryl methyl sites for hydroxylation is 2. The quantitative estimate of drug-likeness (QED) is 0.813. The summed E-state index contributed by atoms with van der Waals surface area (Å²) in [6, 6.07) is 5.37. The zero-order valence-electron chi connectivity index (χ0n) is 10.9. The molecule has 0 saturated carbocycles.